The fourth-order valence-corrected chi connectivity index (χ4v) is 10.7. The van der Waals surface area contributed by atoms with Gasteiger partial charge >= 0.3 is 0 Å². The van der Waals surface area contributed by atoms with Crippen molar-refractivity contribution >= 4 is 33.8 Å². The van der Waals surface area contributed by atoms with E-state index in [0.717, 1.165) is 16.7 Å². The number of nitrogens with one attached hydrogen (secondary N) is 1. The summed E-state index contributed by atoms with van der Waals surface area (Å²) < 4.78 is 64.6. The molecule has 1 atom stereocenters. The number of methoxy groups -OCH3 is 1. The first-order valence-corrected chi connectivity index (χ1v) is 20.3. The summed E-state index contributed by atoms with van der Waals surface area (Å²) in [6.45, 7) is 18.6. The van der Waals surface area contributed by atoms with Crippen molar-refractivity contribution in [2.75, 3.05) is 23.7 Å². The smallest absolute Gasteiger partial charge is 0.264 e. The van der Waals surface area contributed by atoms with Crippen LogP contribution in [0.4, 0.5) is 5.69 Å². The van der Waals surface area contributed by atoms with Gasteiger partial charge in [-0.1, -0.05) is 79.4 Å². The zero-order valence-electron chi connectivity index (χ0n) is 25.2. The Bertz CT molecular complexity index is 1380. The van der Waals surface area contributed by atoms with Gasteiger partial charge in [-0.25, -0.2) is 21.6 Å². The topological polar surface area (TPSA) is 92.8 Å². The minimum absolute atomic E-state index is 0.0103. The van der Waals surface area contributed by atoms with Crippen molar-refractivity contribution in [1.29, 1.82) is 0 Å². The molecule has 1 unspecified atom stereocenters. The SMILES string of the molecule is COc1c(C(C)(C)C)cc(S(=O)(=O)N2c3ccccc3CC2CNS(=O)(=O)CC[Si](C)(C)C)cc1C(C)(C)C. The Kier molecular flexibility index (Phi) is 8.79. The third kappa shape index (κ3) is 7.26. The number of para-hydroxylation sites is 1. The molecular formula is C29H46N2O5S2Si. The van der Waals surface area contributed by atoms with Crippen molar-refractivity contribution in [3.8, 4) is 5.75 Å². The molecule has 1 N–H and O–H groups in total. The predicted octanol–water partition coefficient (Wildman–Crippen LogP) is 5.67. The van der Waals surface area contributed by atoms with Gasteiger partial charge in [-0.05, 0) is 47.1 Å². The highest BCUT2D eigenvalue weighted by molar-refractivity contribution is 7.93. The van der Waals surface area contributed by atoms with Crippen molar-refractivity contribution in [1.82, 2.24) is 4.72 Å². The maximum atomic E-state index is 14.5. The van der Waals surface area contributed by atoms with Gasteiger partial charge < -0.3 is 4.74 Å². The standard InChI is InChI=1S/C29H46N2O5S2Si/c1-28(2,3)24-18-23(19-25(27(24)36-7)29(4,5)6)38(34,35)31-22(17-21-13-11-12-14-26(21)31)20-30-37(32,33)15-16-39(8,9)10/h11-14,18-19,22,30H,15-17,20H2,1-10H3. The number of fused-ring (bicyclic) bond motifs is 1. The second-order valence-electron chi connectivity index (χ2n) is 13.8. The average molecular weight is 595 g/mol. The van der Waals surface area contributed by atoms with E-state index >= 15 is 0 Å². The molecule has 0 saturated heterocycles. The zero-order chi connectivity index (χ0) is 29.6. The summed E-state index contributed by atoms with van der Waals surface area (Å²) in [7, 11) is -7.52. The van der Waals surface area contributed by atoms with Crippen LogP contribution in [0.5, 0.6) is 5.75 Å². The molecule has 3 rings (SSSR count). The summed E-state index contributed by atoms with van der Waals surface area (Å²) >= 11 is 0. The van der Waals surface area contributed by atoms with E-state index < -0.39 is 34.2 Å². The van der Waals surface area contributed by atoms with E-state index in [4.69, 9.17) is 4.74 Å². The highest BCUT2D eigenvalue weighted by Gasteiger charge is 2.40. The van der Waals surface area contributed by atoms with Gasteiger partial charge in [0.1, 0.15) is 5.75 Å². The molecule has 0 radical (unpaired) electrons. The van der Waals surface area contributed by atoms with Crippen LogP contribution in [0.25, 0.3) is 0 Å². The molecule has 2 aromatic rings. The molecule has 0 amide bonds. The van der Waals surface area contributed by atoms with E-state index in [1.54, 1.807) is 25.3 Å². The van der Waals surface area contributed by atoms with Gasteiger partial charge in [0.25, 0.3) is 10.0 Å². The molecule has 0 spiro atoms. The van der Waals surface area contributed by atoms with Crippen LogP contribution in [0.15, 0.2) is 41.3 Å². The minimum atomic E-state index is -4.05. The van der Waals surface area contributed by atoms with E-state index in [1.165, 1.54) is 4.31 Å². The van der Waals surface area contributed by atoms with E-state index in [9.17, 15) is 16.8 Å². The lowest BCUT2D eigenvalue weighted by Gasteiger charge is -2.32. The van der Waals surface area contributed by atoms with E-state index in [-0.39, 0.29) is 28.0 Å². The largest absolute Gasteiger partial charge is 0.496 e. The van der Waals surface area contributed by atoms with Gasteiger partial charge in [0.15, 0.2) is 0 Å². The first-order valence-electron chi connectivity index (χ1n) is 13.5. The number of hydrogen-bond donors (Lipinski definition) is 1. The van der Waals surface area contributed by atoms with Gasteiger partial charge in [0, 0.05) is 25.7 Å². The Balaban J connectivity index is 2.11. The van der Waals surface area contributed by atoms with Gasteiger partial charge in [-0.15, -0.1) is 0 Å². The lowest BCUT2D eigenvalue weighted by Crippen LogP contribution is -2.46. The summed E-state index contributed by atoms with van der Waals surface area (Å²) in [6.07, 6.45) is 0.431. The van der Waals surface area contributed by atoms with Gasteiger partial charge in [0.05, 0.1) is 29.5 Å². The normalized spacial score (nSPS) is 16.9. The summed E-state index contributed by atoms with van der Waals surface area (Å²) in [5, 5.41) is 0. The van der Waals surface area contributed by atoms with Crippen molar-refractivity contribution in [2.24, 2.45) is 0 Å². The molecule has 0 aliphatic carbocycles. The molecule has 0 aromatic heterocycles. The quantitative estimate of drug-likeness (QED) is 0.378. The molecule has 0 fully saturated rings. The van der Waals surface area contributed by atoms with E-state index in [1.807, 2.05) is 59.7 Å². The molecule has 2 aromatic carbocycles. The van der Waals surface area contributed by atoms with Crippen molar-refractivity contribution in [2.45, 2.75) is 95.4 Å². The fraction of sp³-hybridized carbons (Fsp3) is 0.586. The maximum Gasteiger partial charge on any atom is 0.264 e. The molecule has 0 saturated carbocycles. The number of hydrogen-bond acceptors (Lipinski definition) is 5. The van der Waals surface area contributed by atoms with Crippen LogP contribution in [0.2, 0.25) is 25.7 Å². The molecule has 39 heavy (non-hydrogen) atoms. The fourth-order valence-electron chi connectivity index (χ4n) is 4.85. The Morgan fingerprint density at radius 1 is 0.949 bits per heavy atom. The predicted molar refractivity (Wildman–Crippen MR) is 164 cm³/mol. The Morgan fingerprint density at radius 3 is 1.97 bits per heavy atom. The summed E-state index contributed by atoms with van der Waals surface area (Å²) in [5.41, 5.74) is 2.36. The molecule has 218 valence electrons. The molecule has 0 bridgehead atoms. The number of nitrogens with zero attached hydrogens (tertiary/aromatic N) is 1. The molecule has 1 aliphatic rings. The number of rotatable bonds is 9. The highest BCUT2D eigenvalue weighted by atomic mass is 32.2. The monoisotopic (exact) mass is 594 g/mol. The molecule has 1 aliphatic heterocycles. The lowest BCUT2D eigenvalue weighted by atomic mass is 9.79. The third-order valence-electron chi connectivity index (χ3n) is 7.12. The van der Waals surface area contributed by atoms with E-state index in [2.05, 4.69) is 24.4 Å². The van der Waals surface area contributed by atoms with Crippen LogP contribution >= 0.6 is 0 Å². The Morgan fingerprint density at radius 2 is 1.49 bits per heavy atom. The lowest BCUT2D eigenvalue weighted by molar-refractivity contribution is 0.380. The second kappa shape index (κ2) is 10.8. The van der Waals surface area contributed by atoms with Crippen LogP contribution in [-0.4, -0.2) is 50.4 Å². The third-order valence-corrected chi connectivity index (χ3v) is 12.4. The number of ether oxygens (including phenoxy) is 1. The van der Waals surface area contributed by atoms with Gasteiger partial charge in [0.2, 0.25) is 10.0 Å². The second-order valence-corrected chi connectivity index (χ2v) is 23.2. The highest BCUT2D eigenvalue weighted by Crippen LogP contribution is 2.43. The molecule has 7 nitrogen and oxygen atoms in total. The molecule has 1 heterocycles. The van der Waals surface area contributed by atoms with Gasteiger partial charge in [-0.2, -0.15) is 0 Å². The van der Waals surface area contributed by atoms with Crippen LogP contribution in [0, 0.1) is 0 Å². The van der Waals surface area contributed by atoms with Crippen LogP contribution in [-0.2, 0) is 37.3 Å². The average Bonchev–Trinajstić information content (AvgIpc) is 3.18. The number of benzene rings is 2. The van der Waals surface area contributed by atoms with Gasteiger partial charge in [-0.3, -0.25) is 4.31 Å². The summed E-state index contributed by atoms with van der Waals surface area (Å²) in [4.78, 5) is 0.182. The zero-order valence-corrected chi connectivity index (χ0v) is 27.8. The van der Waals surface area contributed by atoms with Crippen molar-refractivity contribution in [3.05, 3.63) is 53.1 Å². The number of anilines is 1. The first kappa shape index (κ1) is 31.6. The van der Waals surface area contributed by atoms with Crippen molar-refractivity contribution < 1.29 is 21.6 Å². The molecular weight excluding hydrogens is 549 g/mol. The Labute approximate surface area is 237 Å². The van der Waals surface area contributed by atoms with Crippen LogP contribution < -0.4 is 13.8 Å². The van der Waals surface area contributed by atoms with E-state index in [0.29, 0.717) is 23.9 Å². The van der Waals surface area contributed by atoms with Crippen LogP contribution in [0.1, 0.15) is 58.2 Å². The van der Waals surface area contributed by atoms with Crippen LogP contribution in [0.3, 0.4) is 0 Å². The van der Waals surface area contributed by atoms with Crippen molar-refractivity contribution in [3.63, 3.8) is 0 Å². The maximum absolute atomic E-state index is 14.5. The number of sulfonamides is 2. The summed E-state index contributed by atoms with van der Waals surface area (Å²) in [6, 6.07) is 10.9. The minimum Gasteiger partial charge on any atom is -0.496 e. The Hall–Kier alpha value is -1.88. The molecule has 10 heteroatoms. The first-order chi connectivity index (χ1) is 17.7. The summed E-state index contributed by atoms with van der Waals surface area (Å²) in [5.74, 6) is 0.750.